The maximum Gasteiger partial charge on any atom is 0.295 e. The third-order valence-corrected chi connectivity index (χ3v) is 5.48. The Morgan fingerprint density at radius 2 is 1.79 bits per heavy atom. The van der Waals surface area contributed by atoms with Crippen molar-refractivity contribution in [2.75, 3.05) is 25.6 Å². The van der Waals surface area contributed by atoms with Crippen molar-refractivity contribution in [3.05, 3.63) is 77.6 Å². The lowest BCUT2D eigenvalue weighted by atomic mass is 10.0. The second kappa shape index (κ2) is 10.8. The molecule has 2 aromatic carbocycles. The molecule has 10 heteroatoms. The highest BCUT2D eigenvalue weighted by atomic mass is 35.5. The maximum absolute atomic E-state index is 12.9. The molecule has 4 aromatic rings. The molecule has 0 spiro atoms. The Morgan fingerprint density at radius 1 is 1.00 bits per heavy atom. The van der Waals surface area contributed by atoms with Gasteiger partial charge in [0.2, 0.25) is 5.13 Å². The summed E-state index contributed by atoms with van der Waals surface area (Å²) >= 11 is 6.97. The zero-order chi connectivity index (χ0) is 23.0. The van der Waals surface area contributed by atoms with Crippen LogP contribution >= 0.6 is 22.9 Å². The summed E-state index contributed by atoms with van der Waals surface area (Å²) in [6, 6.07) is 16.1. The van der Waals surface area contributed by atoms with Gasteiger partial charge in [0.25, 0.3) is 11.1 Å². The molecule has 0 radical (unpaired) electrons. The lowest BCUT2D eigenvalue weighted by Gasteiger charge is -2.11. The van der Waals surface area contributed by atoms with Gasteiger partial charge in [-0.2, -0.15) is 0 Å². The number of amides is 1. The number of anilines is 1. The summed E-state index contributed by atoms with van der Waals surface area (Å²) in [5.41, 5.74) is 1.84. The Balaban J connectivity index is 1.37. The minimum atomic E-state index is -0.341. The number of nitrogens with one attached hydrogen (secondary N) is 1. The Hall–Kier alpha value is -3.69. The highest BCUT2D eigenvalue weighted by Crippen LogP contribution is 2.32. The van der Waals surface area contributed by atoms with Crippen molar-refractivity contribution in [1.82, 2.24) is 15.2 Å². The monoisotopic (exact) mass is 482 g/mol. The van der Waals surface area contributed by atoms with Crippen molar-refractivity contribution >= 4 is 34.0 Å². The number of methoxy groups -OCH3 is 1. The third kappa shape index (κ3) is 5.76. The van der Waals surface area contributed by atoms with Crippen LogP contribution < -0.4 is 19.5 Å². The van der Waals surface area contributed by atoms with Gasteiger partial charge in [-0.1, -0.05) is 34.9 Å². The normalized spacial score (nSPS) is 10.5. The smallest absolute Gasteiger partial charge is 0.295 e. The summed E-state index contributed by atoms with van der Waals surface area (Å²) in [4.78, 5) is 17.1. The van der Waals surface area contributed by atoms with Gasteiger partial charge in [0, 0.05) is 28.5 Å². The number of ether oxygens (including phenoxy) is 3. The molecule has 4 rings (SSSR count). The summed E-state index contributed by atoms with van der Waals surface area (Å²) in [6.45, 7) is 0.593. The number of hydrogen-bond acceptors (Lipinski definition) is 8. The van der Waals surface area contributed by atoms with Crippen LogP contribution in [0.25, 0.3) is 11.1 Å². The fourth-order valence-electron chi connectivity index (χ4n) is 2.98. The number of carbonyl (C=O) groups is 1. The molecule has 2 aromatic heterocycles. The molecule has 1 N–H and O–H groups in total. The molecule has 0 bridgehead atoms. The van der Waals surface area contributed by atoms with E-state index < -0.39 is 0 Å². The quantitative estimate of drug-likeness (QED) is 0.336. The summed E-state index contributed by atoms with van der Waals surface area (Å²) in [5.74, 6) is 0.996. The SMILES string of the molecule is COc1ccccc1-c1cnccc1C(=O)Nc1nnc(OCCOc2ccc(Cl)cc2)s1. The second-order valence-electron chi connectivity index (χ2n) is 6.60. The first-order valence-electron chi connectivity index (χ1n) is 9.87. The van der Waals surface area contributed by atoms with Crippen LogP contribution in [0.4, 0.5) is 5.13 Å². The summed E-state index contributed by atoms with van der Waals surface area (Å²) < 4.78 is 16.6. The van der Waals surface area contributed by atoms with Crippen molar-refractivity contribution in [1.29, 1.82) is 0 Å². The van der Waals surface area contributed by atoms with Gasteiger partial charge >= 0.3 is 0 Å². The number of rotatable bonds is 9. The first-order valence-corrected chi connectivity index (χ1v) is 11.1. The molecular formula is C23H19ClN4O4S. The molecule has 0 aliphatic heterocycles. The van der Waals surface area contributed by atoms with Crippen molar-refractivity contribution in [2.45, 2.75) is 0 Å². The molecule has 33 heavy (non-hydrogen) atoms. The van der Waals surface area contributed by atoms with Crippen LogP contribution in [-0.2, 0) is 0 Å². The Bertz CT molecular complexity index is 1230. The average Bonchev–Trinajstić information content (AvgIpc) is 3.30. The lowest BCUT2D eigenvalue weighted by Crippen LogP contribution is -2.13. The van der Waals surface area contributed by atoms with Gasteiger partial charge in [-0.15, -0.1) is 5.10 Å². The molecule has 0 saturated carbocycles. The van der Waals surface area contributed by atoms with E-state index in [1.54, 1.807) is 49.8 Å². The van der Waals surface area contributed by atoms with Crippen LogP contribution in [0.3, 0.4) is 0 Å². The van der Waals surface area contributed by atoms with Crippen LogP contribution in [0.5, 0.6) is 16.7 Å². The van der Waals surface area contributed by atoms with E-state index in [2.05, 4.69) is 20.5 Å². The van der Waals surface area contributed by atoms with Crippen molar-refractivity contribution in [3.8, 4) is 27.8 Å². The molecular weight excluding hydrogens is 464 g/mol. The molecule has 8 nitrogen and oxygen atoms in total. The van der Waals surface area contributed by atoms with Crippen LogP contribution in [0.2, 0.25) is 5.02 Å². The van der Waals surface area contributed by atoms with Crippen LogP contribution in [0.1, 0.15) is 10.4 Å². The highest BCUT2D eigenvalue weighted by molar-refractivity contribution is 7.17. The van der Waals surface area contributed by atoms with Gasteiger partial charge in [0.15, 0.2) is 0 Å². The average molecular weight is 483 g/mol. The van der Waals surface area contributed by atoms with E-state index in [1.807, 2.05) is 24.3 Å². The van der Waals surface area contributed by atoms with Crippen molar-refractivity contribution in [2.24, 2.45) is 0 Å². The fraction of sp³-hybridized carbons (Fsp3) is 0.130. The molecule has 0 atom stereocenters. The molecule has 0 aliphatic carbocycles. The molecule has 0 saturated heterocycles. The second-order valence-corrected chi connectivity index (χ2v) is 7.98. The molecule has 0 fully saturated rings. The van der Waals surface area contributed by atoms with Crippen LogP contribution in [0.15, 0.2) is 67.0 Å². The number of nitrogens with zero attached hydrogens (tertiary/aromatic N) is 3. The first kappa shape index (κ1) is 22.5. The predicted molar refractivity (Wildman–Crippen MR) is 127 cm³/mol. The fourth-order valence-corrected chi connectivity index (χ4v) is 3.72. The summed E-state index contributed by atoms with van der Waals surface area (Å²) in [7, 11) is 1.58. The van der Waals surface area contributed by atoms with Crippen molar-refractivity contribution in [3.63, 3.8) is 0 Å². The van der Waals surface area contributed by atoms with Gasteiger partial charge in [0.05, 0.1) is 12.7 Å². The zero-order valence-corrected chi connectivity index (χ0v) is 19.1. The number of aromatic nitrogens is 3. The maximum atomic E-state index is 12.9. The molecule has 1 amide bonds. The minimum Gasteiger partial charge on any atom is -0.496 e. The number of pyridine rings is 1. The molecule has 0 unspecified atom stereocenters. The van der Waals surface area contributed by atoms with Crippen LogP contribution in [-0.4, -0.2) is 41.4 Å². The van der Waals surface area contributed by atoms with Crippen molar-refractivity contribution < 1.29 is 19.0 Å². The lowest BCUT2D eigenvalue weighted by molar-refractivity contribution is 0.102. The summed E-state index contributed by atoms with van der Waals surface area (Å²) in [5, 5.41) is 12.0. The number of carbonyl (C=O) groups excluding carboxylic acids is 1. The van der Waals surface area contributed by atoms with E-state index in [0.29, 0.717) is 44.6 Å². The van der Waals surface area contributed by atoms with Gasteiger partial charge in [-0.05, 0) is 47.7 Å². The van der Waals surface area contributed by atoms with E-state index in [0.717, 1.165) is 16.9 Å². The van der Waals surface area contributed by atoms with E-state index in [-0.39, 0.29) is 12.5 Å². The number of benzene rings is 2. The standard InChI is InChI=1S/C23H19ClN4O4S/c1-30-20-5-3-2-4-17(20)19-14-25-11-10-18(19)21(29)26-22-27-28-23(33-22)32-13-12-31-16-8-6-15(24)7-9-16/h2-11,14H,12-13H2,1H3,(H,26,27,29). The molecule has 0 aliphatic rings. The van der Waals surface area contributed by atoms with E-state index >= 15 is 0 Å². The Labute approximate surface area is 199 Å². The van der Waals surface area contributed by atoms with Gasteiger partial charge in [-0.3, -0.25) is 15.1 Å². The topological polar surface area (TPSA) is 95.5 Å². The minimum absolute atomic E-state index is 0.271. The van der Waals surface area contributed by atoms with Gasteiger partial charge in [0.1, 0.15) is 24.7 Å². The Kier molecular flexibility index (Phi) is 7.33. The number of hydrogen-bond donors (Lipinski definition) is 1. The predicted octanol–water partition coefficient (Wildman–Crippen LogP) is 4.97. The van der Waals surface area contributed by atoms with E-state index in [4.69, 9.17) is 25.8 Å². The number of halogens is 1. The number of para-hydroxylation sites is 1. The Morgan fingerprint density at radius 3 is 2.61 bits per heavy atom. The molecule has 2 heterocycles. The summed E-state index contributed by atoms with van der Waals surface area (Å²) in [6.07, 6.45) is 3.19. The first-order chi connectivity index (χ1) is 16.1. The van der Waals surface area contributed by atoms with E-state index in [9.17, 15) is 4.79 Å². The largest absolute Gasteiger partial charge is 0.496 e. The van der Waals surface area contributed by atoms with E-state index in [1.165, 1.54) is 0 Å². The third-order valence-electron chi connectivity index (χ3n) is 4.48. The van der Waals surface area contributed by atoms with Gasteiger partial charge in [-0.25, -0.2) is 0 Å². The highest BCUT2D eigenvalue weighted by Gasteiger charge is 2.17. The molecule has 168 valence electrons. The van der Waals surface area contributed by atoms with Crippen LogP contribution in [0, 0.1) is 0 Å². The zero-order valence-electron chi connectivity index (χ0n) is 17.5. The van der Waals surface area contributed by atoms with Gasteiger partial charge < -0.3 is 14.2 Å².